The number of hydrogen-bond donors (Lipinski definition) is 0. The van der Waals surface area contributed by atoms with E-state index in [1.54, 1.807) is 30.6 Å². The van der Waals surface area contributed by atoms with E-state index < -0.39 is 6.61 Å². The molecule has 2 aromatic heterocycles. The van der Waals surface area contributed by atoms with Crippen LogP contribution in [0, 0.1) is 0 Å². The van der Waals surface area contributed by atoms with Crippen molar-refractivity contribution in [1.29, 1.82) is 0 Å². The molecule has 3 aromatic rings. The van der Waals surface area contributed by atoms with Gasteiger partial charge in [-0.25, -0.2) is 0 Å². The van der Waals surface area contributed by atoms with Gasteiger partial charge in [0.1, 0.15) is 5.75 Å². The fourth-order valence-corrected chi connectivity index (χ4v) is 2.06. The molecule has 0 saturated heterocycles. The molecule has 2 heterocycles. The van der Waals surface area contributed by atoms with Gasteiger partial charge in [0.05, 0.1) is 5.56 Å². The summed E-state index contributed by atoms with van der Waals surface area (Å²) in [4.78, 5) is 8.31. The molecule has 0 bridgehead atoms. The first kappa shape index (κ1) is 15.1. The van der Waals surface area contributed by atoms with Crippen LogP contribution in [0.25, 0.3) is 11.5 Å². The molecule has 0 N–H and O–H groups in total. The maximum atomic E-state index is 12.1. The molecular formula is C16H13F2N3O2. The highest BCUT2D eigenvalue weighted by molar-refractivity contribution is 5.50. The van der Waals surface area contributed by atoms with Crippen LogP contribution in [0.4, 0.5) is 8.78 Å². The van der Waals surface area contributed by atoms with Crippen molar-refractivity contribution >= 4 is 0 Å². The van der Waals surface area contributed by atoms with E-state index in [4.69, 9.17) is 4.52 Å². The summed E-state index contributed by atoms with van der Waals surface area (Å²) in [6.07, 6.45) is 4.57. The largest absolute Gasteiger partial charge is 0.435 e. The fraction of sp³-hybridized carbons (Fsp3) is 0.188. The van der Waals surface area contributed by atoms with Crippen LogP contribution < -0.4 is 4.74 Å². The van der Waals surface area contributed by atoms with Crippen molar-refractivity contribution in [1.82, 2.24) is 15.1 Å². The van der Waals surface area contributed by atoms with Gasteiger partial charge in [-0.3, -0.25) is 4.98 Å². The second-order valence-electron chi connectivity index (χ2n) is 4.78. The Morgan fingerprint density at radius 1 is 1.09 bits per heavy atom. The minimum absolute atomic E-state index is 0.141. The number of aromatic nitrogens is 3. The molecule has 0 amide bonds. The number of nitrogens with zero attached hydrogens (tertiary/aromatic N) is 3. The molecule has 7 heteroatoms. The smallest absolute Gasteiger partial charge is 0.387 e. The quantitative estimate of drug-likeness (QED) is 0.696. The first-order valence-electron chi connectivity index (χ1n) is 6.97. The van der Waals surface area contributed by atoms with Gasteiger partial charge < -0.3 is 9.26 Å². The Morgan fingerprint density at radius 3 is 2.61 bits per heavy atom. The molecule has 0 radical (unpaired) electrons. The predicted molar refractivity (Wildman–Crippen MR) is 78.0 cm³/mol. The molecule has 23 heavy (non-hydrogen) atoms. The van der Waals surface area contributed by atoms with Crippen LogP contribution in [0.3, 0.4) is 0 Å². The average Bonchev–Trinajstić information content (AvgIpc) is 3.04. The molecule has 0 fully saturated rings. The number of aryl methyl sites for hydroxylation is 2. The van der Waals surface area contributed by atoms with Crippen LogP contribution in [-0.4, -0.2) is 21.7 Å². The Labute approximate surface area is 130 Å². The van der Waals surface area contributed by atoms with Crippen LogP contribution in [0.15, 0.2) is 53.3 Å². The summed E-state index contributed by atoms with van der Waals surface area (Å²) >= 11 is 0. The summed E-state index contributed by atoms with van der Waals surface area (Å²) in [5, 5.41) is 3.93. The maximum Gasteiger partial charge on any atom is 0.387 e. The van der Waals surface area contributed by atoms with E-state index >= 15 is 0 Å². The van der Waals surface area contributed by atoms with Crippen molar-refractivity contribution in [3.63, 3.8) is 0 Å². The number of benzene rings is 1. The van der Waals surface area contributed by atoms with E-state index in [1.165, 1.54) is 12.1 Å². The van der Waals surface area contributed by atoms with Gasteiger partial charge in [0.25, 0.3) is 5.89 Å². The maximum absolute atomic E-state index is 12.1. The normalized spacial score (nSPS) is 10.9. The summed E-state index contributed by atoms with van der Waals surface area (Å²) in [6, 6.07) is 10.1. The SMILES string of the molecule is FC(F)Oc1ccc(CCc2noc(-c3cccnc3)n2)cc1. The van der Waals surface area contributed by atoms with Gasteiger partial charge in [-0.15, -0.1) is 0 Å². The Morgan fingerprint density at radius 2 is 1.91 bits per heavy atom. The predicted octanol–water partition coefficient (Wildman–Crippen LogP) is 3.52. The van der Waals surface area contributed by atoms with Crippen molar-refractivity contribution in [3.8, 4) is 17.2 Å². The Balaban J connectivity index is 1.59. The van der Waals surface area contributed by atoms with E-state index in [2.05, 4.69) is 19.9 Å². The first-order chi connectivity index (χ1) is 11.2. The summed E-state index contributed by atoms with van der Waals surface area (Å²) in [7, 11) is 0. The minimum Gasteiger partial charge on any atom is -0.435 e. The highest BCUT2D eigenvalue weighted by Crippen LogP contribution is 2.18. The van der Waals surface area contributed by atoms with Gasteiger partial charge in [-0.05, 0) is 36.2 Å². The molecule has 0 saturated carbocycles. The Kier molecular flexibility index (Phi) is 4.56. The van der Waals surface area contributed by atoms with Crippen molar-refractivity contribution in [2.45, 2.75) is 19.5 Å². The van der Waals surface area contributed by atoms with Crippen molar-refractivity contribution < 1.29 is 18.0 Å². The zero-order valence-electron chi connectivity index (χ0n) is 12.0. The van der Waals surface area contributed by atoms with Gasteiger partial charge >= 0.3 is 6.61 Å². The van der Waals surface area contributed by atoms with Crippen molar-refractivity contribution in [3.05, 3.63) is 60.2 Å². The van der Waals surface area contributed by atoms with E-state index in [0.717, 1.165) is 11.1 Å². The number of ether oxygens (including phenoxy) is 1. The monoisotopic (exact) mass is 317 g/mol. The van der Waals surface area contributed by atoms with E-state index in [9.17, 15) is 8.78 Å². The molecule has 0 atom stereocenters. The van der Waals surface area contributed by atoms with Crippen LogP contribution in [0.2, 0.25) is 0 Å². The van der Waals surface area contributed by atoms with Gasteiger partial charge in [-0.1, -0.05) is 17.3 Å². The molecule has 3 rings (SSSR count). The number of rotatable bonds is 6. The summed E-state index contributed by atoms with van der Waals surface area (Å²) in [6.45, 7) is -2.81. The summed E-state index contributed by atoms with van der Waals surface area (Å²) in [5.74, 6) is 1.15. The molecule has 0 unspecified atom stereocenters. The van der Waals surface area contributed by atoms with Crippen LogP contribution in [-0.2, 0) is 12.8 Å². The summed E-state index contributed by atoms with van der Waals surface area (Å²) in [5.41, 5.74) is 1.74. The van der Waals surface area contributed by atoms with Gasteiger partial charge in [0, 0.05) is 18.8 Å². The topological polar surface area (TPSA) is 61.0 Å². The van der Waals surface area contributed by atoms with Crippen LogP contribution in [0.1, 0.15) is 11.4 Å². The van der Waals surface area contributed by atoms with E-state index in [-0.39, 0.29) is 5.75 Å². The van der Waals surface area contributed by atoms with E-state index in [1.807, 2.05) is 6.07 Å². The van der Waals surface area contributed by atoms with Crippen LogP contribution in [0.5, 0.6) is 5.75 Å². The van der Waals surface area contributed by atoms with Crippen LogP contribution >= 0.6 is 0 Å². The molecule has 118 valence electrons. The zero-order chi connectivity index (χ0) is 16.1. The molecular weight excluding hydrogens is 304 g/mol. The lowest BCUT2D eigenvalue weighted by Crippen LogP contribution is -2.01. The third kappa shape index (κ3) is 4.09. The van der Waals surface area contributed by atoms with Crippen molar-refractivity contribution in [2.75, 3.05) is 0 Å². The highest BCUT2D eigenvalue weighted by atomic mass is 19.3. The third-order valence-electron chi connectivity index (χ3n) is 3.16. The second-order valence-corrected chi connectivity index (χ2v) is 4.78. The lowest BCUT2D eigenvalue weighted by molar-refractivity contribution is -0.0498. The Bertz CT molecular complexity index is 746. The Hall–Kier alpha value is -2.83. The zero-order valence-corrected chi connectivity index (χ0v) is 12.0. The average molecular weight is 317 g/mol. The third-order valence-corrected chi connectivity index (χ3v) is 3.16. The fourth-order valence-electron chi connectivity index (χ4n) is 2.06. The molecule has 0 aliphatic carbocycles. The lowest BCUT2D eigenvalue weighted by Gasteiger charge is -2.05. The molecule has 1 aromatic carbocycles. The number of pyridine rings is 1. The number of hydrogen-bond acceptors (Lipinski definition) is 5. The molecule has 0 spiro atoms. The highest BCUT2D eigenvalue weighted by Gasteiger charge is 2.09. The number of halogens is 2. The summed E-state index contributed by atoms with van der Waals surface area (Å²) < 4.78 is 33.7. The van der Waals surface area contributed by atoms with Crippen molar-refractivity contribution in [2.24, 2.45) is 0 Å². The lowest BCUT2D eigenvalue weighted by atomic mass is 10.1. The molecule has 0 aliphatic heterocycles. The van der Waals surface area contributed by atoms with E-state index in [0.29, 0.717) is 24.6 Å². The standard InChI is InChI=1S/C16H13F2N3O2/c17-16(18)22-13-6-3-11(4-7-13)5-8-14-20-15(23-21-14)12-2-1-9-19-10-12/h1-4,6-7,9-10,16H,5,8H2. The second kappa shape index (κ2) is 6.95. The first-order valence-corrected chi connectivity index (χ1v) is 6.97. The molecule has 5 nitrogen and oxygen atoms in total. The van der Waals surface area contributed by atoms with Gasteiger partial charge in [-0.2, -0.15) is 13.8 Å². The van der Waals surface area contributed by atoms with Gasteiger partial charge in [0.15, 0.2) is 5.82 Å². The minimum atomic E-state index is -2.81. The number of alkyl halides is 2. The molecule has 0 aliphatic rings. The van der Waals surface area contributed by atoms with Gasteiger partial charge in [0.2, 0.25) is 0 Å².